The Morgan fingerprint density at radius 3 is 2.67 bits per heavy atom. The van der Waals surface area contributed by atoms with Gasteiger partial charge in [-0.15, -0.1) is 0 Å². The van der Waals surface area contributed by atoms with E-state index in [4.69, 9.17) is 5.73 Å². The van der Waals surface area contributed by atoms with Gasteiger partial charge in [-0.1, -0.05) is 22.9 Å². The van der Waals surface area contributed by atoms with Gasteiger partial charge in [0.2, 0.25) is 0 Å². The smallest absolute Gasteiger partial charge is 0.253 e. The minimum absolute atomic E-state index is 0.0175. The number of amides is 1. The lowest BCUT2D eigenvalue weighted by molar-refractivity contribution is 0.0743. The molecule has 0 heterocycles. The molecule has 0 fully saturated rings. The van der Waals surface area contributed by atoms with E-state index < -0.39 is 0 Å². The highest BCUT2D eigenvalue weighted by Crippen LogP contribution is 2.20. The number of carbonyl (C=O) groups is 1. The average Bonchev–Trinajstić information content (AvgIpc) is 2.33. The van der Waals surface area contributed by atoms with E-state index in [2.05, 4.69) is 29.1 Å². The Morgan fingerprint density at radius 1 is 1.50 bits per heavy atom. The standard InChI is InChI=1S/C13H19BrN2OS/c1-4-12(8-18-3)16(2)13(17)9-5-10(14)7-11(15)6-9/h5-7,12H,4,8,15H2,1-3H3. The number of nitrogen functional groups attached to an aromatic ring is 1. The molecule has 0 aromatic heterocycles. The number of rotatable bonds is 5. The quantitative estimate of drug-likeness (QED) is 0.843. The van der Waals surface area contributed by atoms with Crippen LogP contribution in [0.4, 0.5) is 5.69 Å². The predicted octanol–water partition coefficient (Wildman–Crippen LogP) is 3.24. The van der Waals surface area contributed by atoms with Crippen molar-refractivity contribution < 1.29 is 4.79 Å². The lowest BCUT2D eigenvalue weighted by atomic mass is 10.1. The van der Waals surface area contributed by atoms with Gasteiger partial charge in [0.1, 0.15) is 0 Å². The molecule has 0 saturated heterocycles. The first-order valence-electron chi connectivity index (χ1n) is 5.81. The molecule has 3 nitrogen and oxygen atoms in total. The molecule has 0 spiro atoms. The van der Waals surface area contributed by atoms with Crippen LogP contribution in [0.5, 0.6) is 0 Å². The third-order valence-electron chi connectivity index (χ3n) is 2.87. The molecule has 0 saturated carbocycles. The Kier molecular flexibility index (Phi) is 6.02. The highest BCUT2D eigenvalue weighted by Gasteiger charge is 2.19. The molecule has 0 aliphatic rings. The third kappa shape index (κ3) is 3.92. The maximum Gasteiger partial charge on any atom is 0.253 e. The van der Waals surface area contributed by atoms with Gasteiger partial charge in [0.25, 0.3) is 5.91 Å². The molecule has 1 amide bonds. The van der Waals surface area contributed by atoms with Gasteiger partial charge in [0.05, 0.1) is 0 Å². The van der Waals surface area contributed by atoms with Crippen molar-refractivity contribution in [3.63, 3.8) is 0 Å². The number of hydrogen-bond acceptors (Lipinski definition) is 3. The third-order valence-corrected chi connectivity index (χ3v) is 4.04. The van der Waals surface area contributed by atoms with Gasteiger partial charge in [0.15, 0.2) is 0 Å². The second kappa shape index (κ2) is 7.04. The van der Waals surface area contributed by atoms with Crippen LogP contribution in [0.15, 0.2) is 22.7 Å². The molecule has 1 aromatic rings. The molecular formula is C13H19BrN2OS. The molecule has 2 N–H and O–H groups in total. The van der Waals surface area contributed by atoms with Crippen molar-refractivity contribution in [3.05, 3.63) is 28.2 Å². The van der Waals surface area contributed by atoms with Crippen LogP contribution < -0.4 is 5.73 Å². The van der Waals surface area contributed by atoms with E-state index in [1.807, 2.05) is 7.05 Å². The van der Waals surface area contributed by atoms with Crippen molar-refractivity contribution in [3.8, 4) is 0 Å². The second-order valence-corrected chi connectivity index (χ2v) is 6.03. The van der Waals surface area contributed by atoms with Crippen LogP contribution in [0.2, 0.25) is 0 Å². The Balaban J connectivity index is 2.91. The van der Waals surface area contributed by atoms with Crippen LogP contribution >= 0.6 is 27.7 Å². The van der Waals surface area contributed by atoms with E-state index in [0.717, 1.165) is 16.6 Å². The van der Waals surface area contributed by atoms with Crippen LogP contribution in [0.3, 0.4) is 0 Å². The van der Waals surface area contributed by atoms with Crippen LogP contribution in [-0.2, 0) is 0 Å². The summed E-state index contributed by atoms with van der Waals surface area (Å²) >= 11 is 5.11. The number of carbonyl (C=O) groups excluding carboxylic acids is 1. The van der Waals surface area contributed by atoms with Crippen molar-refractivity contribution >= 4 is 39.3 Å². The van der Waals surface area contributed by atoms with Gasteiger partial charge in [0, 0.05) is 34.6 Å². The van der Waals surface area contributed by atoms with Crippen LogP contribution in [0.1, 0.15) is 23.7 Å². The van der Waals surface area contributed by atoms with Gasteiger partial charge < -0.3 is 10.6 Å². The molecule has 1 aromatic carbocycles. The van der Waals surface area contributed by atoms with Crippen molar-refractivity contribution in [2.75, 3.05) is 24.8 Å². The van der Waals surface area contributed by atoms with Crippen molar-refractivity contribution in [1.29, 1.82) is 0 Å². The summed E-state index contributed by atoms with van der Waals surface area (Å²) in [6.07, 6.45) is 3.00. The largest absolute Gasteiger partial charge is 0.399 e. The summed E-state index contributed by atoms with van der Waals surface area (Å²) in [6, 6.07) is 5.57. The van der Waals surface area contributed by atoms with Crippen molar-refractivity contribution in [2.45, 2.75) is 19.4 Å². The fourth-order valence-corrected chi connectivity index (χ4v) is 3.16. The summed E-state index contributed by atoms with van der Waals surface area (Å²) < 4.78 is 0.831. The molecule has 100 valence electrons. The van der Waals surface area contributed by atoms with E-state index in [9.17, 15) is 4.79 Å². The molecule has 5 heteroatoms. The normalized spacial score (nSPS) is 12.2. The Bertz CT molecular complexity index is 405. The number of halogens is 1. The molecule has 1 unspecified atom stereocenters. The van der Waals surface area contributed by atoms with Crippen LogP contribution in [0, 0.1) is 0 Å². The lowest BCUT2D eigenvalue weighted by Crippen LogP contribution is -2.38. The van der Waals surface area contributed by atoms with Crippen molar-refractivity contribution in [2.24, 2.45) is 0 Å². The van der Waals surface area contributed by atoms with Crippen LogP contribution in [-0.4, -0.2) is 35.9 Å². The molecule has 1 atom stereocenters. The number of nitrogens with two attached hydrogens (primary N) is 1. The summed E-state index contributed by atoms with van der Waals surface area (Å²) in [6.45, 7) is 2.10. The molecule has 0 aliphatic heterocycles. The number of nitrogens with zero attached hydrogens (tertiary/aromatic N) is 1. The highest BCUT2D eigenvalue weighted by atomic mass is 79.9. The monoisotopic (exact) mass is 330 g/mol. The maximum atomic E-state index is 12.4. The van der Waals surface area contributed by atoms with E-state index in [0.29, 0.717) is 11.3 Å². The second-order valence-electron chi connectivity index (χ2n) is 4.21. The topological polar surface area (TPSA) is 46.3 Å². The van der Waals surface area contributed by atoms with Gasteiger partial charge in [-0.2, -0.15) is 11.8 Å². The lowest BCUT2D eigenvalue weighted by Gasteiger charge is -2.27. The first kappa shape index (κ1) is 15.4. The minimum Gasteiger partial charge on any atom is -0.399 e. The zero-order valence-corrected chi connectivity index (χ0v) is 13.3. The summed E-state index contributed by atoms with van der Waals surface area (Å²) in [5, 5.41) is 0. The molecule has 18 heavy (non-hydrogen) atoms. The molecule has 0 aliphatic carbocycles. The first-order valence-corrected chi connectivity index (χ1v) is 8.00. The molecular weight excluding hydrogens is 312 g/mol. The average molecular weight is 331 g/mol. The first-order chi connectivity index (χ1) is 8.49. The van der Waals surface area contributed by atoms with Crippen molar-refractivity contribution in [1.82, 2.24) is 4.90 Å². The summed E-state index contributed by atoms with van der Waals surface area (Å²) in [5.41, 5.74) is 6.98. The zero-order valence-electron chi connectivity index (χ0n) is 10.9. The van der Waals surface area contributed by atoms with E-state index in [1.54, 1.807) is 34.9 Å². The van der Waals surface area contributed by atoms with Gasteiger partial charge in [-0.05, 0) is 30.9 Å². The van der Waals surface area contributed by atoms with Gasteiger partial charge >= 0.3 is 0 Å². The summed E-state index contributed by atoms with van der Waals surface area (Å²) in [7, 11) is 1.85. The fraction of sp³-hybridized carbons (Fsp3) is 0.462. The number of benzene rings is 1. The maximum absolute atomic E-state index is 12.4. The van der Waals surface area contributed by atoms with Gasteiger partial charge in [-0.25, -0.2) is 0 Å². The fourth-order valence-electron chi connectivity index (χ4n) is 1.80. The summed E-state index contributed by atoms with van der Waals surface area (Å²) in [4.78, 5) is 14.2. The van der Waals surface area contributed by atoms with E-state index in [-0.39, 0.29) is 11.9 Å². The number of thioether (sulfide) groups is 1. The van der Waals surface area contributed by atoms with E-state index in [1.165, 1.54) is 0 Å². The molecule has 1 rings (SSSR count). The summed E-state index contributed by atoms with van der Waals surface area (Å²) in [5.74, 6) is 0.964. The molecule has 0 bridgehead atoms. The minimum atomic E-state index is 0.0175. The van der Waals surface area contributed by atoms with E-state index >= 15 is 0 Å². The molecule has 0 radical (unpaired) electrons. The zero-order chi connectivity index (χ0) is 13.7. The Labute approximate surface area is 121 Å². The predicted molar refractivity (Wildman–Crippen MR) is 83.1 cm³/mol. The number of hydrogen-bond donors (Lipinski definition) is 1. The SMILES string of the molecule is CCC(CSC)N(C)C(=O)c1cc(N)cc(Br)c1. The van der Waals surface area contributed by atoms with Crippen LogP contribution in [0.25, 0.3) is 0 Å². The Morgan fingerprint density at radius 2 is 2.17 bits per heavy atom. The highest BCUT2D eigenvalue weighted by molar-refractivity contribution is 9.10. The van der Waals surface area contributed by atoms with Gasteiger partial charge in [-0.3, -0.25) is 4.79 Å². The number of anilines is 1. The Hall–Kier alpha value is -0.680.